The molecule has 9 nitrogen and oxygen atoms in total. The Morgan fingerprint density at radius 1 is 0.316 bits per heavy atom. The number of carbonyl (C=O) groups is 2. The van der Waals surface area contributed by atoms with Crippen LogP contribution < -0.4 is 0 Å². The summed E-state index contributed by atoms with van der Waals surface area (Å²) in [6, 6.07) is 0. The third-order valence-corrected chi connectivity index (χ3v) is 17.1. The normalized spacial score (nSPS) is 14.1. The van der Waals surface area contributed by atoms with E-state index >= 15 is 0 Å². The highest BCUT2D eigenvalue weighted by Crippen LogP contribution is 2.43. The van der Waals surface area contributed by atoms with Crippen molar-refractivity contribution in [1.29, 1.82) is 0 Å². The molecule has 0 spiro atoms. The van der Waals surface area contributed by atoms with Crippen LogP contribution in [0.2, 0.25) is 0 Å². The molecule has 98 heavy (non-hydrogen) atoms. The summed E-state index contributed by atoms with van der Waals surface area (Å²) in [5.74, 6) is -0.812. The van der Waals surface area contributed by atoms with Gasteiger partial charge in [0.2, 0.25) is 0 Å². The summed E-state index contributed by atoms with van der Waals surface area (Å²) in [4.78, 5) is 36.0. The molecular formula is C88H145NO8P+. The van der Waals surface area contributed by atoms with Crippen LogP contribution in [0.15, 0.2) is 194 Å². The van der Waals surface area contributed by atoms with Gasteiger partial charge in [-0.05, 0) is 141 Å². The van der Waals surface area contributed by atoms with Crippen molar-refractivity contribution in [2.75, 3.05) is 47.5 Å². The van der Waals surface area contributed by atoms with Crippen molar-refractivity contribution in [2.24, 2.45) is 0 Å². The number of allylic oxidation sites excluding steroid dienone is 32. The molecule has 554 valence electrons. The number of phosphoric acid groups is 1. The average Bonchev–Trinajstić information content (AvgIpc) is 1.23. The summed E-state index contributed by atoms with van der Waals surface area (Å²) in [6.45, 7) is 4.19. The number of carbonyl (C=O) groups excluding carboxylic acids is 2. The van der Waals surface area contributed by atoms with Gasteiger partial charge in [0.05, 0.1) is 27.7 Å². The van der Waals surface area contributed by atoms with Crippen LogP contribution in [0, 0.1) is 0 Å². The molecule has 0 aliphatic carbocycles. The molecule has 0 aliphatic rings. The molecule has 0 fully saturated rings. The predicted octanol–water partition coefficient (Wildman–Crippen LogP) is 26.4. The molecule has 2 atom stereocenters. The quantitative estimate of drug-likeness (QED) is 0.0211. The van der Waals surface area contributed by atoms with Crippen LogP contribution in [0.4, 0.5) is 0 Å². The SMILES string of the molecule is CC/C=C\C/C=C\C/C=C\C/C=C\C/C=C\C/C=C\C/C=C\C/C=C\C/C=C\C/C=C\CCCCCCCCCCC(=O)OC(COC(=O)CCCCCCCCCCCCCCCCCC/C=C\C/C=C\C/C=C\C/C=C\C/C=C\C/C=C\CC)COP(=O)(O)OCC[N+](C)(C)C. The molecule has 0 radical (unpaired) electrons. The lowest BCUT2D eigenvalue weighted by Gasteiger charge is -2.24. The van der Waals surface area contributed by atoms with Crippen molar-refractivity contribution >= 4 is 19.8 Å². The summed E-state index contributed by atoms with van der Waals surface area (Å²) in [6.07, 6.45) is 118. The molecule has 2 unspecified atom stereocenters. The van der Waals surface area contributed by atoms with E-state index in [-0.39, 0.29) is 32.0 Å². The standard InChI is InChI=1S/C88H144NO8P/c1-6-8-10-12-14-16-18-20-22-24-26-28-30-32-34-36-38-40-42-43-44-45-47-49-51-53-55-57-59-61-63-65-67-69-71-73-75-77-79-81-88(91)97-86(85-96-98(92,93)95-83-82-89(3,4)5)84-94-87(90)80-78-76-74-72-70-68-66-64-62-60-58-56-54-52-50-48-46-41-39-37-35-33-31-29-27-25-23-21-19-17-15-13-11-9-7-2/h8-11,14-17,20-23,26-29,32-35,38-41,43-44,47,49,53,55,59,61,86H,6-7,12-13,18-19,24-25,30-31,36-37,42,45-46,48,50-52,54,56-58,60,62-85H2,1-5H3/p+1/b10-8-,11-9-,16-14-,17-15-,22-20-,23-21-,28-26-,29-27-,34-32-,35-33-,40-38-,41-39-,44-43-,49-47-,55-53-,61-59-. The van der Waals surface area contributed by atoms with Crippen LogP contribution in [0.5, 0.6) is 0 Å². The van der Waals surface area contributed by atoms with E-state index in [0.717, 1.165) is 148 Å². The lowest BCUT2D eigenvalue weighted by molar-refractivity contribution is -0.870. The topological polar surface area (TPSA) is 108 Å². The number of nitrogens with zero attached hydrogens (tertiary/aromatic N) is 1. The van der Waals surface area contributed by atoms with Gasteiger partial charge in [-0.1, -0.05) is 337 Å². The first-order valence-electron chi connectivity index (χ1n) is 39.2. The van der Waals surface area contributed by atoms with Crippen molar-refractivity contribution in [3.63, 3.8) is 0 Å². The van der Waals surface area contributed by atoms with E-state index in [9.17, 15) is 19.0 Å². The average molecular weight is 1380 g/mol. The maximum atomic E-state index is 12.9. The van der Waals surface area contributed by atoms with Crippen molar-refractivity contribution in [2.45, 2.75) is 302 Å². The van der Waals surface area contributed by atoms with E-state index in [1.165, 1.54) is 116 Å². The Morgan fingerprint density at radius 2 is 0.551 bits per heavy atom. The molecule has 0 aliphatic heterocycles. The Kier molecular flexibility index (Phi) is 72.0. The number of rotatable bonds is 70. The molecule has 0 heterocycles. The largest absolute Gasteiger partial charge is 0.472 e. The fraction of sp³-hybridized carbons (Fsp3) is 0.614. The molecule has 0 saturated carbocycles. The van der Waals surface area contributed by atoms with Crippen LogP contribution in [0.1, 0.15) is 296 Å². The molecule has 0 bridgehead atoms. The Labute approximate surface area is 603 Å². The zero-order valence-electron chi connectivity index (χ0n) is 63.2. The van der Waals surface area contributed by atoms with Crippen LogP contribution in [-0.2, 0) is 32.7 Å². The van der Waals surface area contributed by atoms with E-state index in [0.29, 0.717) is 17.4 Å². The first kappa shape index (κ1) is 92.8. The highest BCUT2D eigenvalue weighted by atomic mass is 31.2. The third-order valence-electron chi connectivity index (χ3n) is 16.1. The number of ether oxygens (including phenoxy) is 2. The van der Waals surface area contributed by atoms with Crippen LogP contribution in [0.3, 0.4) is 0 Å². The van der Waals surface area contributed by atoms with Crippen molar-refractivity contribution in [3.05, 3.63) is 194 Å². The molecule has 0 amide bonds. The summed E-state index contributed by atoms with van der Waals surface area (Å²) in [5, 5.41) is 0. The summed E-state index contributed by atoms with van der Waals surface area (Å²) in [5.41, 5.74) is 0. The van der Waals surface area contributed by atoms with Crippen LogP contribution >= 0.6 is 7.82 Å². The minimum Gasteiger partial charge on any atom is -0.462 e. The second-order valence-corrected chi connectivity index (χ2v) is 28.1. The Hall–Kier alpha value is -5.15. The van der Waals surface area contributed by atoms with E-state index in [1.807, 2.05) is 21.1 Å². The zero-order valence-corrected chi connectivity index (χ0v) is 64.1. The van der Waals surface area contributed by atoms with Gasteiger partial charge in [-0.15, -0.1) is 0 Å². The van der Waals surface area contributed by atoms with E-state index in [4.69, 9.17) is 18.5 Å². The maximum Gasteiger partial charge on any atom is 0.472 e. The molecule has 0 rings (SSSR count). The van der Waals surface area contributed by atoms with Gasteiger partial charge in [0.25, 0.3) is 0 Å². The van der Waals surface area contributed by atoms with Crippen LogP contribution in [-0.4, -0.2) is 74.9 Å². The fourth-order valence-corrected chi connectivity index (χ4v) is 11.0. The Morgan fingerprint density at radius 3 is 0.816 bits per heavy atom. The van der Waals surface area contributed by atoms with Gasteiger partial charge in [-0.3, -0.25) is 18.6 Å². The highest BCUT2D eigenvalue weighted by Gasteiger charge is 2.27. The van der Waals surface area contributed by atoms with Gasteiger partial charge < -0.3 is 18.9 Å². The Balaban J connectivity index is 4.08. The minimum absolute atomic E-state index is 0.0215. The smallest absolute Gasteiger partial charge is 0.462 e. The van der Waals surface area contributed by atoms with Gasteiger partial charge >= 0.3 is 19.8 Å². The monoisotopic (exact) mass is 1380 g/mol. The minimum atomic E-state index is -4.41. The van der Waals surface area contributed by atoms with Crippen molar-refractivity contribution in [1.82, 2.24) is 0 Å². The zero-order chi connectivity index (χ0) is 71.1. The van der Waals surface area contributed by atoms with Crippen molar-refractivity contribution < 1.29 is 42.1 Å². The number of phosphoric ester groups is 1. The Bertz CT molecular complexity index is 2360. The first-order valence-corrected chi connectivity index (χ1v) is 40.7. The number of esters is 2. The number of hydrogen-bond donors (Lipinski definition) is 1. The van der Waals surface area contributed by atoms with Gasteiger partial charge in [0.15, 0.2) is 6.10 Å². The van der Waals surface area contributed by atoms with E-state index < -0.39 is 26.5 Å². The van der Waals surface area contributed by atoms with Gasteiger partial charge in [0, 0.05) is 12.8 Å². The number of quaternary nitrogens is 1. The summed E-state index contributed by atoms with van der Waals surface area (Å²) >= 11 is 0. The second-order valence-electron chi connectivity index (χ2n) is 26.6. The second kappa shape index (κ2) is 76.0. The molecule has 0 aromatic rings. The number of unbranched alkanes of at least 4 members (excludes halogenated alkanes) is 24. The van der Waals surface area contributed by atoms with Crippen molar-refractivity contribution in [3.8, 4) is 0 Å². The number of likely N-dealkylation sites (N-methyl/N-ethyl adjacent to an activating group) is 1. The first-order chi connectivity index (χ1) is 48.0. The molecule has 1 N–H and O–H groups in total. The summed E-state index contributed by atoms with van der Waals surface area (Å²) < 4.78 is 34.8. The summed E-state index contributed by atoms with van der Waals surface area (Å²) in [7, 11) is 1.45. The lowest BCUT2D eigenvalue weighted by Crippen LogP contribution is -2.37. The fourth-order valence-electron chi connectivity index (χ4n) is 10.2. The third kappa shape index (κ3) is 79.8. The van der Waals surface area contributed by atoms with Gasteiger partial charge in [0.1, 0.15) is 19.8 Å². The molecule has 0 aromatic carbocycles. The highest BCUT2D eigenvalue weighted by molar-refractivity contribution is 7.47. The van der Waals surface area contributed by atoms with E-state index in [1.54, 1.807) is 0 Å². The molecule has 0 saturated heterocycles. The lowest BCUT2D eigenvalue weighted by atomic mass is 10.0. The maximum absolute atomic E-state index is 12.9. The molecular weight excluding hydrogens is 1230 g/mol. The number of hydrogen-bond acceptors (Lipinski definition) is 7. The predicted molar refractivity (Wildman–Crippen MR) is 426 cm³/mol. The molecule has 0 aromatic heterocycles. The van der Waals surface area contributed by atoms with Gasteiger partial charge in [-0.25, -0.2) is 4.57 Å². The molecule has 10 heteroatoms. The van der Waals surface area contributed by atoms with E-state index in [2.05, 4.69) is 208 Å². The van der Waals surface area contributed by atoms with Crippen LogP contribution in [0.25, 0.3) is 0 Å². The van der Waals surface area contributed by atoms with Gasteiger partial charge in [-0.2, -0.15) is 0 Å².